The highest BCUT2D eigenvalue weighted by Gasteiger charge is 2.61. The Balaban J connectivity index is 1.63. The van der Waals surface area contributed by atoms with Crippen molar-refractivity contribution in [2.45, 2.75) is 45.3 Å². The molecule has 1 N–H and O–H groups in total. The number of carboxylic acids is 1. The van der Waals surface area contributed by atoms with Gasteiger partial charge in [0.15, 0.2) is 11.5 Å². The van der Waals surface area contributed by atoms with Crippen LogP contribution in [-0.2, 0) is 11.0 Å². The first-order valence-electron chi connectivity index (χ1n) is 11.8. The minimum Gasteiger partial charge on any atom is -0.481 e. The number of amides is 1. The van der Waals surface area contributed by atoms with Gasteiger partial charge in [0.25, 0.3) is 5.91 Å². The summed E-state index contributed by atoms with van der Waals surface area (Å²) in [6, 6.07) is -0.663. The Bertz CT molecular complexity index is 1200. The van der Waals surface area contributed by atoms with E-state index in [2.05, 4.69) is 10.1 Å². The van der Waals surface area contributed by atoms with E-state index in [1.54, 1.807) is 0 Å². The van der Waals surface area contributed by atoms with Gasteiger partial charge in [-0.25, -0.2) is 0 Å². The van der Waals surface area contributed by atoms with E-state index < -0.39 is 53.6 Å². The molecule has 0 aliphatic heterocycles. The Morgan fingerprint density at radius 3 is 2.24 bits per heavy atom. The van der Waals surface area contributed by atoms with Gasteiger partial charge in [-0.3, -0.25) is 24.0 Å². The van der Waals surface area contributed by atoms with Crippen LogP contribution in [0.5, 0.6) is 0 Å². The van der Waals surface area contributed by atoms with Crippen LogP contribution in [0, 0.1) is 23.7 Å². The van der Waals surface area contributed by atoms with Crippen molar-refractivity contribution in [3.05, 3.63) is 45.5 Å². The fourth-order valence-electron chi connectivity index (χ4n) is 5.22. The van der Waals surface area contributed by atoms with Crippen molar-refractivity contribution >= 4 is 40.9 Å². The van der Waals surface area contributed by atoms with Crippen molar-refractivity contribution < 1.29 is 32.7 Å². The smallest absolute Gasteiger partial charge is 0.433 e. The van der Waals surface area contributed by atoms with Crippen molar-refractivity contribution in [1.29, 1.82) is 0 Å². The molecule has 0 saturated heterocycles. The maximum absolute atomic E-state index is 14.2. The zero-order valence-corrected chi connectivity index (χ0v) is 21.5. The molecule has 4 rings (SSSR count). The van der Waals surface area contributed by atoms with Crippen molar-refractivity contribution in [2.24, 2.45) is 23.7 Å². The van der Waals surface area contributed by atoms with Crippen LogP contribution in [0.4, 0.5) is 13.2 Å². The van der Waals surface area contributed by atoms with Gasteiger partial charge in [-0.15, -0.1) is 0 Å². The van der Waals surface area contributed by atoms with E-state index in [-0.39, 0.29) is 52.7 Å². The van der Waals surface area contributed by atoms with Crippen molar-refractivity contribution in [1.82, 2.24) is 19.7 Å². The highest BCUT2D eigenvalue weighted by molar-refractivity contribution is 6.39. The minimum absolute atomic E-state index is 0.0267. The Kier molecular flexibility index (Phi) is 7.58. The molecule has 37 heavy (non-hydrogen) atoms. The summed E-state index contributed by atoms with van der Waals surface area (Å²) in [6.07, 6.45) is -0.658. The zero-order chi connectivity index (χ0) is 27.2. The van der Waals surface area contributed by atoms with E-state index in [1.165, 1.54) is 12.4 Å². The number of hydrogen-bond acceptors (Lipinski definition) is 5. The topological polar surface area (TPSA) is 105 Å². The highest BCUT2D eigenvalue weighted by atomic mass is 35.5. The second-order valence-corrected chi connectivity index (χ2v) is 10.8. The van der Waals surface area contributed by atoms with E-state index in [4.69, 9.17) is 23.2 Å². The molecule has 2 aliphatic rings. The Hall–Kier alpha value is -2.66. The molecule has 0 spiro atoms. The van der Waals surface area contributed by atoms with Gasteiger partial charge in [0.2, 0.25) is 0 Å². The molecule has 2 aliphatic carbocycles. The summed E-state index contributed by atoms with van der Waals surface area (Å²) >= 11 is 12.1. The van der Waals surface area contributed by atoms with Crippen LogP contribution in [0.2, 0.25) is 10.0 Å². The molecular formula is C24H25Cl2F3N4O4. The number of fused-ring (bicyclic) bond motifs is 1. The number of Topliss-reactive ketones (excluding diaryl/α,β-unsaturated/α-hetero) is 1. The van der Waals surface area contributed by atoms with E-state index in [1.807, 2.05) is 13.8 Å². The van der Waals surface area contributed by atoms with Crippen LogP contribution in [0.3, 0.4) is 0 Å². The summed E-state index contributed by atoms with van der Waals surface area (Å²) in [4.78, 5) is 42.6. The van der Waals surface area contributed by atoms with E-state index >= 15 is 0 Å². The first-order valence-corrected chi connectivity index (χ1v) is 12.6. The van der Waals surface area contributed by atoms with Crippen LogP contribution in [0.1, 0.15) is 65.6 Å². The number of alkyl halides is 3. The number of hydrogen-bond donors (Lipinski definition) is 1. The predicted octanol–water partition coefficient (Wildman–Crippen LogP) is 5.26. The van der Waals surface area contributed by atoms with Gasteiger partial charge in [0.05, 0.1) is 45.9 Å². The van der Waals surface area contributed by atoms with Crippen LogP contribution in [0.15, 0.2) is 18.6 Å². The monoisotopic (exact) mass is 560 g/mol. The lowest BCUT2D eigenvalue weighted by atomic mass is 10.1. The molecule has 1 amide bonds. The SMILES string of the molecule is CC(C)CCN(CC(=O)c1c(Cl)cncc1Cl)C(=O)c1cnn([C@@H]2C[C@@H]3[C@H](C2)[C@H]3C(=O)O)c1C(F)(F)F. The Labute approximate surface area is 220 Å². The van der Waals surface area contributed by atoms with Gasteiger partial charge in [0, 0.05) is 18.9 Å². The van der Waals surface area contributed by atoms with Crippen LogP contribution >= 0.6 is 23.2 Å². The minimum atomic E-state index is -4.90. The van der Waals surface area contributed by atoms with Gasteiger partial charge in [-0.1, -0.05) is 37.0 Å². The molecule has 0 unspecified atom stereocenters. The fraction of sp³-hybridized carbons (Fsp3) is 0.542. The van der Waals surface area contributed by atoms with Crippen LogP contribution in [-0.4, -0.2) is 55.5 Å². The summed E-state index contributed by atoms with van der Waals surface area (Å²) in [5.74, 6) is -3.38. The molecule has 0 radical (unpaired) electrons. The average molecular weight is 561 g/mol. The second kappa shape index (κ2) is 10.2. The number of carbonyl (C=O) groups excluding carboxylic acids is 2. The number of ketones is 1. The van der Waals surface area contributed by atoms with Crippen LogP contribution in [0.25, 0.3) is 0 Å². The largest absolute Gasteiger partial charge is 0.481 e. The number of rotatable bonds is 9. The first kappa shape index (κ1) is 27.4. The molecule has 0 bridgehead atoms. The third-order valence-corrected chi connectivity index (χ3v) is 7.65. The number of pyridine rings is 1. The van der Waals surface area contributed by atoms with E-state index in [0.717, 1.165) is 15.8 Å². The fourth-order valence-corrected chi connectivity index (χ4v) is 5.80. The van der Waals surface area contributed by atoms with Gasteiger partial charge in [-0.2, -0.15) is 18.3 Å². The number of halogens is 5. The normalized spacial score (nSPS) is 22.7. The predicted molar refractivity (Wildman–Crippen MR) is 128 cm³/mol. The van der Waals surface area contributed by atoms with Gasteiger partial charge < -0.3 is 10.0 Å². The lowest BCUT2D eigenvalue weighted by Crippen LogP contribution is -2.38. The quantitative estimate of drug-likeness (QED) is 0.419. The summed E-state index contributed by atoms with van der Waals surface area (Å²) in [5.41, 5.74) is -1.92. The van der Waals surface area contributed by atoms with Crippen molar-refractivity contribution in [3.8, 4) is 0 Å². The number of nitrogens with zero attached hydrogens (tertiary/aromatic N) is 4. The first-order chi connectivity index (χ1) is 17.3. The molecular weight excluding hydrogens is 536 g/mol. The molecule has 8 nitrogen and oxygen atoms in total. The third-order valence-electron chi connectivity index (χ3n) is 7.08. The average Bonchev–Trinajstić information content (AvgIpc) is 3.11. The molecule has 2 saturated carbocycles. The highest BCUT2D eigenvalue weighted by Crippen LogP contribution is 2.61. The lowest BCUT2D eigenvalue weighted by molar-refractivity contribution is -0.146. The summed E-state index contributed by atoms with van der Waals surface area (Å²) in [7, 11) is 0. The van der Waals surface area contributed by atoms with Crippen molar-refractivity contribution in [3.63, 3.8) is 0 Å². The lowest BCUT2D eigenvalue weighted by Gasteiger charge is -2.24. The molecule has 2 heterocycles. The van der Waals surface area contributed by atoms with Crippen molar-refractivity contribution in [2.75, 3.05) is 13.1 Å². The summed E-state index contributed by atoms with van der Waals surface area (Å²) < 4.78 is 43.5. The molecule has 200 valence electrons. The second-order valence-electron chi connectivity index (χ2n) is 9.98. The maximum atomic E-state index is 14.2. The van der Waals surface area contributed by atoms with Gasteiger partial charge in [0.1, 0.15) is 0 Å². The van der Waals surface area contributed by atoms with E-state index in [0.29, 0.717) is 6.42 Å². The summed E-state index contributed by atoms with van der Waals surface area (Å²) in [5, 5.41) is 13.1. The third kappa shape index (κ3) is 5.47. The number of aromatic nitrogens is 3. The maximum Gasteiger partial charge on any atom is 0.433 e. The zero-order valence-electron chi connectivity index (χ0n) is 20.0. The Morgan fingerprint density at radius 1 is 1.14 bits per heavy atom. The summed E-state index contributed by atoms with van der Waals surface area (Å²) in [6.45, 7) is 3.26. The standard InChI is InChI=1S/C24H25Cl2F3N4O4/c1-11(2)3-4-32(10-18(34)20-16(25)8-30-9-17(20)26)22(35)15-7-31-33(21(15)24(27,28)29)12-5-13-14(6-12)19(13)23(36)37/h7-9,11-14,19H,3-6,10H2,1-2H3,(H,36,37)/t12-,13-,14+,19+. The Morgan fingerprint density at radius 2 is 1.73 bits per heavy atom. The molecule has 2 fully saturated rings. The van der Waals surface area contributed by atoms with E-state index in [9.17, 15) is 32.7 Å². The molecule has 2 aromatic rings. The molecule has 2 aromatic heterocycles. The number of aliphatic carboxylic acids is 1. The molecule has 4 atom stereocenters. The number of carbonyl (C=O) groups is 3. The number of carboxylic acid groups (broad SMARTS) is 1. The van der Waals surface area contributed by atoms with Gasteiger partial charge >= 0.3 is 12.1 Å². The van der Waals surface area contributed by atoms with Crippen LogP contribution < -0.4 is 0 Å². The molecule has 13 heteroatoms. The molecule has 0 aromatic carbocycles. The van der Waals surface area contributed by atoms with Gasteiger partial charge in [-0.05, 0) is 37.0 Å².